The number of rotatable bonds is 2. The van der Waals surface area contributed by atoms with E-state index in [1.54, 1.807) is 0 Å². The number of amides is 2. The van der Waals surface area contributed by atoms with Crippen molar-refractivity contribution in [1.29, 1.82) is 0 Å². The van der Waals surface area contributed by atoms with E-state index in [1.807, 2.05) is 59.5 Å². The van der Waals surface area contributed by atoms with Crippen molar-refractivity contribution in [3.05, 3.63) is 65.7 Å². The molecule has 0 aromatic heterocycles. The molecular formula is C15H14N2O. The van der Waals surface area contributed by atoms with Crippen molar-refractivity contribution in [3.8, 4) is 0 Å². The Balaban J connectivity index is 1.81. The predicted octanol–water partition coefficient (Wildman–Crippen LogP) is 3.23. The molecule has 3 rings (SSSR count). The van der Waals surface area contributed by atoms with Crippen molar-refractivity contribution in [2.75, 3.05) is 5.32 Å². The first-order valence-electron chi connectivity index (χ1n) is 6.01. The number of anilines is 1. The van der Waals surface area contributed by atoms with Crippen LogP contribution in [0.4, 0.5) is 10.5 Å². The second-order valence-corrected chi connectivity index (χ2v) is 4.43. The molecular weight excluding hydrogens is 224 g/mol. The predicted molar refractivity (Wildman–Crippen MR) is 71.1 cm³/mol. The molecule has 3 heteroatoms. The number of hydrogen-bond donors (Lipinski definition) is 1. The van der Waals surface area contributed by atoms with Crippen LogP contribution in [0.2, 0.25) is 0 Å². The summed E-state index contributed by atoms with van der Waals surface area (Å²) in [5, 5.41) is 2.92. The Kier molecular flexibility index (Phi) is 2.73. The third-order valence-electron chi connectivity index (χ3n) is 3.12. The van der Waals surface area contributed by atoms with E-state index in [-0.39, 0.29) is 6.03 Å². The van der Waals surface area contributed by atoms with Gasteiger partial charge in [-0.25, -0.2) is 4.79 Å². The molecule has 0 spiro atoms. The van der Waals surface area contributed by atoms with E-state index in [0.717, 1.165) is 16.8 Å². The van der Waals surface area contributed by atoms with Gasteiger partial charge >= 0.3 is 6.03 Å². The summed E-state index contributed by atoms with van der Waals surface area (Å²) in [4.78, 5) is 13.8. The van der Waals surface area contributed by atoms with Gasteiger partial charge in [-0.15, -0.1) is 0 Å². The molecule has 0 unspecified atom stereocenters. The fourth-order valence-corrected chi connectivity index (χ4v) is 2.18. The number of para-hydroxylation sites is 1. The Morgan fingerprint density at radius 2 is 1.72 bits per heavy atom. The van der Waals surface area contributed by atoms with Crippen LogP contribution in [0.25, 0.3) is 0 Å². The van der Waals surface area contributed by atoms with Crippen LogP contribution in [0.1, 0.15) is 11.1 Å². The molecule has 1 aliphatic heterocycles. The molecule has 3 nitrogen and oxygen atoms in total. The SMILES string of the molecule is O=C1Nc2ccccc2CN1Cc1ccccc1. The standard InChI is InChI=1S/C15H14N2O/c18-15-16-14-9-5-4-8-13(14)11-17(15)10-12-6-2-1-3-7-12/h1-9H,10-11H2,(H,16,18). The highest BCUT2D eigenvalue weighted by molar-refractivity contribution is 5.92. The van der Waals surface area contributed by atoms with Gasteiger partial charge in [-0.05, 0) is 17.2 Å². The molecule has 18 heavy (non-hydrogen) atoms. The molecule has 0 saturated carbocycles. The van der Waals surface area contributed by atoms with Gasteiger partial charge in [0.05, 0.1) is 0 Å². The Hall–Kier alpha value is -2.29. The van der Waals surface area contributed by atoms with Gasteiger partial charge in [0.2, 0.25) is 0 Å². The summed E-state index contributed by atoms with van der Waals surface area (Å²) < 4.78 is 0. The molecule has 2 aromatic carbocycles. The number of carbonyl (C=O) groups excluding carboxylic acids is 1. The highest BCUT2D eigenvalue weighted by Gasteiger charge is 2.21. The molecule has 0 fully saturated rings. The van der Waals surface area contributed by atoms with Crippen LogP contribution in [0, 0.1) is 0 Å². The number of benzene rings is 2. The highest BCUT2D eigenvalue weighted by atomic mass is 16.2. The first-order valence-corrected chi connectivity index (χ1v) is 6.01. The summed E-state index contributed by atoms with van der Waals surface area (Å²) in [6, 6.07) is 17.9. The maximum atomic E-state index is 12.0. The summed E-state index contributed by atoms with van der Waals surface area (Å²) in [6.45, 7) is 1.30. The van der Waals surface area contributed by atoms with E-state index in [9.17, 15) is 4.79 Å². The molecule has 2 amide bonds. The average Bonchev–Trinajstić information content (AvgIpc) is 2.41. The number of urea groups is 1. The molecule has 90 valence electrons. The monoisotopic (exact) mass is 238 g/mol. The van der Waals surface area contributed by atoms with E-state index >= 15 is 0 Å². The van der Waals surface area contributed by atoms with Crippen LogP contribution in [-0.4, -0.2) is 10.9 Å². The Morgan fingerprint density at radius 1 is 1.00 bits per heavy atom. The number of hydrogen-bond acceptors (Lipinski definition) is 1. The molecule has 2 aromatic rings. The van der Waals surface area contributed by atoms with Gasteiger partial charge in [0.1, 0.15) is 0 Å². The Bertz CT molecular complexity index is 566. The highest BCUT2D eigenvalue weighted by Crippen LogP contribution is 2.23. The zero-order valence-corrected chi connectivity index (χ0v) is 9.97. The third-order valence-corrected chi connectivity index (χ3v) is 3.12. The molecule has 1 N–H and O–H groups in total. The van der Waals surface area contributed by atoms with Crippen molar-refractivity contribution in [2.45, 2.75) is 13.1 Å². The molecule has 0 bridgehead atoms. The lowest BCUT2D eigenvalue weighted by Crippen LogP contribution is -2.38. The van der Waals surface area contributed by atoms with Crippen LogP contribution >= 0.6 is 0 Å². The van der Waals surface area contributed by atoms with Crippen molar-refractivity contribution in [2.24, 2.45) is 0 Å². The lowest BCUT2D eigenvalue weighted by atomic mass is 10.1. The summed E-state index contributed by atoms with van der Waals surface area (Å²) in [6.07, 6.45) is 0. The van der Waals surface area contributed by atoms with Crippen molar-refractivity contribution in [3.63, 3.8) is 0 Å². The zero-order chi connectivity index (χ0) is 12.4. The number of nitrogens with one attached hydrogen (secondary N) is 1. The first kappa shape index (κ1) is 10.8. The molecule has 0 radical (unpaired) electrons. The fourth-order valence-electron chi connectivity index (χ4n) is 2.18. The third kappa shape index (κ3) is 2.07. The molecule has 1 aliphatic rings. The zero-order valence-electron chi connectivity index (χ0n) is 9.97. The van der Waals surface area contributed by atoms with Crippen LogP contribution in [0.3, 0.4) is 0 Å². The largest absolute Gasteiger partial charge is 0.322 e. The maximum Gasteiger partial charge on any atom is 0.322 e. The minimum atomic E-state index is -0.0300. The summed E-state index contributed by atoms with van der Waals surface area (Å²) >= 11 is 0. The fraction of sp³-hybridized carbons (Fsp3) is 0.133. The van der Waals surface area contributed by atoms with E-state index in [1.165, 1.54) is 0 Å². The van der Waals surface area contributed by atoms with Crippen LogP contribution < -0.4 is 5.32 Å². The molecule has 0 saturated heterocycles. The number of fused-ring (bicyclic) bond motifs is 1. The molecule has 1 heterocycles. The van der Waals surface area contributed by atoms with Gasteiger partial charge in [-0.1, -0.05) is 48.5 Å². The van der Waals surface area contributed by atoms with Crippen molar-refractivity contribution >= 4 is 11.7 Å². The smallest absolute Gasteiger partial charge is 0.316 e. The summed E-state index contributed by atoms with van der Waals surface area (Å²) in [5.74, 6) is 0. The molecule has 0 atom stereocenters. The lowest BCUT2D eigenvalue weighted by molar-refractivity contribution is 0.204. The first-order chi connectivity index (χ1) is 8.83. The van der Waals surface area contributed by atoms with E-state index in [0.29, 0.717) is 13.1 Å². The minimum absolute atomic E-state index is 0.0300. The van der Waals surface area contributed by atoms with Gasteiger partial charge in [-0.3, -0.25) is 0 Å². The van der Waals surface area contributed by atoms with Crippen LogP contribution in [0.15, 0.2) is 54.6 Å². The van der Waals surface area contributed by atoms with Gasteiger partial charge in [0.25, 0.3) is 0 Å². The van der Waals surface area contributed by atoms with Gasteiger partial charge < -0.3 is 10.2 Å². The van der Waals surface area contributed by atoms with E-state index in [4.69, 9.17) is 0 Å². The van der Waals surface area contributed by atoms with E-state index < -0.39 is 0 Å². The van der Waals surface area contributed by atoms with Crippen LogP contribution in [-0.2, 0) is 13.1 Å². The molecule has 0 aliphatic carbocycles. The van der Waals surface area contributed by atoms with Crippen molar-refractivity contribution < 1.29 is 4.79 Å². The average molecular weight is 238 g/mol. The number of carbonyl (C=O) groups is 1. The minimum Gasteiger partial charge on any atom is -0.316 e. The van der Waals surface area contributed by atoms with Gasteiger partial charge in [-0.2, -0.15) is 0 Å². The van der Waals surface area contributed by atoms with Gasteiger partial charge in [0.15, 0.2) is 0 Å². The van der Waals surface area contributed by atoms with E-state index in [2.05, 4.69) is 5.32 Å². The van der Waals surface area contributed by atoms with Crippen molar-refractivity contribution in [1.82, 2.24) is 4.90 Å². The normalized spacial score (nSPS) is 14.0. The quantitative estimate of drug-likeness (QED) is 0.855. The summed E-state index contributed by atoms with van der Waals surface area (Å²) in [5.41, 5.74) is 3.23. The van der Waals surface area contributed by atoms with Gasteiger partial charge in [0, 0.05) is 18.8 Å². The number of nitrogens with zero attached hydrogens (tertiary/aromatic N) is 1. The van der Waals surface area contributed by atoms with Crippen LogP contribution in [0.5, 0.6) is 0 Å². The second-order valence-electron chi connectivity index (χ2n) is 4.43. The Morgan fingerprint density at radius 3 is 2.56 bits per heavy atom. The Labute approximate surface area is 106 Å². The lowest BCUT2D eigenvalue weighted by Gasteiger charge is -2.29. The topological polar surface area (TPSA) is 32.3 Å². The second kappa shape index (κ2) is 4.53. The summed E-state index contributed by atoms with van der Waals surface area (Å²) in [7, 11) is 0. The maximum absolute atomic E-state index is 12.0.